The van der Waals surface area contributed by atoms with Crippen molar-refractivity contribution in [3.63, 3.8) is 0 Å². The normalized spacial score (nSPS) is 10.1. The van der Waals surface area contributed by atoms with Gasteiger partial charge in [-0.1, -0.05) is 0 Å². The Morgan fingerprint density at radius 2 is 2.33 bits per heavy atom. The molecule has 6 nitrogen and oxygen atoms in total. The number of nitrogens with zero attached hydrogens (tertiary/aromatic N) is 1. The molecule has 0 saturated carbocycles. The molecule has 1 heterocycles. The molecule has 1 aromatic carbocycles. The number of ether oxygens (including phenoxy) is 1. The zero-order valence-corrected chi connectivity index (χ0v) is 9.93. The number of benzene rings is 1. The van der Waals surface area contributed by atoms with Crippen molar-refractivity contribution in [3.8, 4) is 5.75 Å². The monoisotopic (exact) mass is 246 g/mol. The van der Waals surface area contributed by atoms with Gasteiger partial charge in [0.05, 0.1) is 24.9 Å². The van der Waals surface area contributed by atoms with Crippen LogP contribution in [0.1, 0.15) is 16.1 Å². The van der Waals surface area contributed by atoms with Crippen LogP contribution in [0.3, 0.4) is 0 Å². The fourth-order valence-corrected chi connectivity index (χ4v) is 1.51. The Kier molecular flexibility index (Phi) is 3.47. The minimum Gasteiger partial charge on any atom is -0.497 e. The summed E-state index contributed by atoms with van der Waals surface area (Å²) in [6.45, 7) is 0.371. The van der Waals surface area contributed by atoms with Gasteiger partial charge in [-0.2, -0.15) is 5.10 Å². The van der Waals surface area contributed by atoms with E-state index in [-0.39, 0.29) is 5.91 Å². The number of hydrogen-bond donors (Lipinski definition) is 3. The van der Waals surface area contributed by atoms with Gasteiger partial charge in [-0.15, -0.1) is 0 Å². The topological polar surface area (TPSA) is 93.0 Å². The molecule has 0 radical (unpaired) electrons. The van der Waals surface area contributed by atoms with Gasteiger partial charge in [-0.05, 0) is 24.3 Å². The van der Waals surface area contributed by atoms with Crippen molar-refractivity contribution in [1.82, 2.24) is 15.5 Å². The Labute approximate surface area is 104 Å². The van der Waals surface area contributed by atoms with Crippen LogP contribution in [0.2, 0.25) is 0 Å². The molecule has 0 aliphatic heterocycles. The molecule has 0 aliphatic rings. The first-order chi connectivity index (χ1) is 8.70. The number of carbonyl (C=O) groups excluding carboxylic acids is 1. The Bertz CT molecular complexity index is 537. The summed E-state index contributed by atoms with van der Waals surface area (Å²) in [5.41, 5.74) is 7.39. The standard InChI is InChI=1S/C12H14N4O2/c1-18-9-2-3-11(13)10(6-9)12(17)14-7-8-4-5-15-16-8/h2-6H,7,13H2,1H3,(H,14,17)(H,15,16). The fraction of sp³-hybridized carbons (Fsp3) is 0.167. The van der Waals surface area contributed by atoms with Gasteiger partial charge in [0.25, 0.3) is 5.91 Å². The van der Waals surface area contributed by atoms with Gasteiger partial charge < -0.3 is 15.8 Å². The third-order valence-electron chi connectivity index (χ3n) is 2.50. The lowest BCUT2D eigenvalue weighted by molar-refractivity contribution is 0.0951. The number of aromatic amines is 1. The molecule has 0 unspecified atom stereocenters. The van der Waals surface area contributed by atoms with Gasteiger partial charge in [-0.3, -0.25) is 9.89 Å². The number of rotatable bonds is 4. The van der Waals surface area contributed by atoms with Crippen LogP contribution in [0.25, 0.3) is 0 Å². The highest BCUT2D eigenvalue weighted by molar-refractivity contribution is 5.99. The maximum absolute atomic E-state index is 11.9. The third kappa shape index (κ3) is 2.60. The van der Waals surface area contributed by atoms with Crippen LogP contribution in [0.5, 0.6) is 5.75 Å². The van der Waals surface area contributed by atoms with Gasteiger partial charge in [0, 0.05) is 11.9 Å². The molecule has 2 aromatic rings. The molecule has 0 aliphatic carbocycles. The van der Waals surface area contributed by atoms with Gasteiger partial charge in [-0.25, -0.2) is 0 Å². The average Bonchev–Trinajstić information content (AvgIpc) is 2.89. The number of hydrogen-bond acceptors (Lipinski definition) is 4. The Morgan fingerprint density at radius 1 is 1.50 bits per heavy atom. The lowest BCUT2D eigenvalue weighted by Crippen LogP contribution is -2.24. The summed E-state index contributed by atoms with van der Waals surface area (Å²) in [5, 5.41) is 9.31. The van der Waals surface area contributed by atoms with Gasteiger partial charge in [0.1, 0.15) is 5.75 Å². The van der Waals surface area contributed by atoms with Crippen molar-refractivity contribution in [2.24, 2.45) is 0 Å². The number of nitrogen functional groups attached to an aromatic ring is 1. The second-order valence-electron chi connectivity index (χ2n) is 3.72. The first kappa shape index (κ1) is 12.0. The van der Waals surface area contributed by atoms with Crippen LogP contribution >= 0.6 is 0 Å². The first-order valence-electron chi connectivity index (χ1n) is 5.40. The summed E-state index contributed by atoms with van der Waals surface area (Å²) >= 11 is 0. The number of anilines is 1. The molecular formula is C12H14N4O2. The first-order valence-corrected chi connectivity index (χ1v) is 5.40. The minimum absolute atomic E-state index is 0.249. The quantitative estimate of drug-likeness (QED) is 0.700. The number of nitrogens with one attached hydrogen (secondary N) is 2. The summed E-state index contributed by atoms with van der Waals surface area (Å²) in [6, 6.07) is 6.75. The summed E-state index contributed by atoms with van der Waals surface area (Å²) in [7, 11) is 1.54. The van der Waals surface area contributed by atoms with E-state index in [1.54, 1.807) is 30.5 Å². The van der Waals surface area contributed by atoms with Crippen molar-refractivity contribution >= 4 is 11.6 Å². The summed E-state index contributed by atoms with van der Waals surface area (Å²) in [5.74, 6) is 0.344. The van der Waals surface area contributed by atoms with Crippen LogP contribution in [0.15, 0.2) is 30.5 Å². The lowest BCUT2D eigenvalue weighted by Gasteiger charge is -2.08. The second kappa shape index (κ2) is 5.22. The molecule has 0 atom stereocenters. The average molecular weight is 246 g/mol. The number of carbonyl (C=O) groups is 1. The molecule has 94 valence electrons. The summed E-state index contributed by atoms with van der Waals surface area (Å²) in [6.07, 6.45) is 1.63. The maximum Gasteiger partial charge on any atom is 0.253 e. The fourth-order valence-electron chi connectivity index (χ4n) is 1.51. The predicted octanol–water partition coefficient (Wildman–Crippen LogP) is 0.930. The van der Waals surface area contributed by atoms with Crippen molar-refractivity contribution in [2.75, 3.05) is 12.8 Å². The van der Waals surface area contributed by atoms with E-state index < -0.39 is 0 Å². The number of amides is 1. The van der Waals surface area contributed by atoms with E-state index in [4.69, 9.17) is 10.5 Å². The van der Waals surface area contributed by atoms with Crippen LogP contribution < -0.4 is 15.8 Å². The highest BCUT2D eigenvalue weighted by Crippen LogP contribution is 2.19. The van der Waals surface area contributed by atoms with E-state index in [2.05, 4.69) is 15.5 Å². The number of H-pyrrole nitrogens is 1. The lowest BCUT2D eigenvalue weighted by atomic mass is 10.1. The molecule has 0 bridgehead atoms. The number of aromatic nitrogens is 2. The molecule has 6 heteroatoms. The molecule has 1 aromatic heterocycles. The van der Waals surface area contributed by atoms with Crippen LogP contribution in [-0.4, -0.2) is 23.2 Å². The molecule has 2 rings (SSSR count). The Hall–Kier alpha value is -2.50. The van der Waals surface area contributed by atoms with E-state index in [0.717, 1.165) is 5.69 Å². The van der Waals surface area contributed by atoms with E-state index >= 15 is 0 Å². The van der Waals surface area contributed by atoms with Crippen LogP contribution in [-0.2, 0) is 6.54 Å². The van der Waals surface area contributed by atoms with Crippen molar-refractivity contribution in [1.29, 1.82) is 0 Å². The molecule has 0 fully saturated rings. The highest BCUT2D eigenvalue weighted by Gasteiger charge is 2.10. The van der Waals surface area contributed by atoms with Crippen LogP contribution in [0, 0.1) is 0 Å². The third-order valence-corrected chi connectivity index (χ3v) is 2.50. The molecule has 0 saturated heterocycles. The number of methoxy groups -OCH3 is 1. The van der Waals surface area contributed by atoms with E-state index in [1.807, 2.05) is 0 Å². The number of nitrogens with two attached hydrogens (primary N) is 1. The smallest absolute Gasteiger partial charge is 0.253 e. The molecule has 18 heavy (non-hydrogen) atoms. The van der Waals surface area contributed by atoms with Gasteiger partial charge >= 0.3 is 0 Å². The van der Waals surface area contributed by atoms with Gasteiger partial charge in [0.15, 0.2) is 0 Å². The Morgan fingerprint density at radius 3 is 3.00 bits per heavy atom. The summed E-state index contributed by atoms with van der Waals surface area (Å²) < 4.78 is 5.06. The zero-order valence-electron chi connectivity index (χ0n) is 9.93. The van der Waals surface area contributed by atoms with E-state index in [1.165, 1.54) is 7.11 Å². The van der Waals surface area contributed by atoms with Gasteiger partial charge in [0.2, 0.25) is 0 Å². The summed E-state index contributed by atoms with van der Waals surface area (Å²) in [4.78, 5) is 11.9. The molecule has 1 amide bonds. The molecule has 0 spiro atoms. The SMILES string of the molecule is COc1ccc(N)c(C(=O)NCc2ccn[nH]2)c1. The zero-order chi connectivity index (χ0) is 13.0. The second-order valence-corrected chi connectivity index (χ2v) is 3.72. The van der Waals surface area contributed by atoms with E-state index in [9.17, 15) is 4.79 Å². The van der Waals surface area contributed by atoms with E-state index in [0.29, 0.717) is 23.5 Å². The van der Waals surface area contributed by atoms with Crippen molar-refractivity contribution in [3.05, 3.63) is 41.7 Å². The predicted molar refractivity (Wildman–Crippen MR) is 67.2 cm³/mol. The minimum atomic E-state index is -0.249. The maximum atomic E-state index is 11.9. The Balaban J connectivity index is 2.08. The molecule has 4 N–H and O–H groups in total. The largest absolute Gasteiger partial charge is 0.497 e. The highest BCUT2D eigenvalue weighted by atomic mass is 16.5. The van der Waals surface area contributed by atoms with Crippen molar-refractivity contribution in [2.45, 2.75) is 6.54 Å². The van der Waals surface area contributed by atoms with Crippen molar-refractivity contribution < 1.29 is 9.53 Å². The van der Waals surface area contributed by atoms with Crippen LogP contribution in [0.4, 0.5) is 5.69 Å². The molecular weight excluding hydrogens is 232 g/mol.